The van der Waals surface area contributed by atoms with E-state index < -0.39 is 5.25 Å². The number of rotatable bonds is 5. The van der Waals surface area contributed by atoms with E-state index in [1.807, 2.05) is 50.2 Å². The Hall–Kier alpha value is -3.50. The first kappa shape index (κ1) is 19.8. The Morgan fingerprint density at radius 1 is 1.13 bits per heavy atom. The Morgan fingerprint density at radius 2 is 1.90 bits per heavy atom. The number of ether oxygens (including phenoxy) is 2. The van der Waals surface area contributed by atoms with Gasteiger partial charge in [-0.15, -0.1) is 0 Å². The fourth-order valence-electron chi connectivity index (χ4n) is 3.22. The molecule has 1 amide bonds. The van der Waals surface area contributed by atoms with E-state index in [1.165, 1.54) is 11.8 Å². The van der Waals surface area contributed by atoms with Gasteiger partial charge in [0.2, 0.25) is 12.7 Å². The Balaban J connectivity index is 1.66. The molecule has 0 saturated heterocycles. The minimum atomic E-state index is -0.586. The highest BCUT2D eigenvalue weighted by Crippen LogP contribution is 2.39. The maximum atomic E-state index is 13.3. The third-order valence-corrected chi connectivity index (χ3v) is 5.87. The van der Waals surface area contributed by atoms with Crippen molar-refractivity contribution in [3.8, 4) is 17.6 Å². The number of hydrogen-bond acceptors (Lipinski definition) is 6. The fraction of sp³-hybridized carbons (Fsp3) is 0.174. The molecule has 0 unspecified atom stereocenters. The summed E-state index contributed by atoms with van der Waals surface area (Å²) in [6.45, 7) is 3.93. The fourth-order valence-corrected chi connectivity index (χ4v) is 4.42. The van der Waals surface area contributed by atoms with Crippen molar-refractivity contribution in [2.24, 2.45) is 0 Å². The lowest BCUT2D eigenvalue weighted by molar-refractivity contribution is -0.115. The lowest BCUT2D eigenvalue weighted by Gasteiger charge is -2.18. The molecular formula is C23H19N3O3S. The van der Waals surface area contributed by atoms with E-state index in [9.17, 15) is 10.1 Å². The van der Waals surface area contributed by atoms with Crippen molar-refractivity contribution in [1.82, 2.24) is 4.98 Å². The van der Waals surface area contributed by atoms with Crippen molar-refractivity contribution in [3.05, 3.63) is 77.0 Å². The normalized spacial score (nSPS) is 12.8. The van der Waals surface area contributed by atoms with Crippen LogP contribution in [-0.2, 0) is 4.79 Å². The van der Waals surface area contributed by atoms with Crippen LogP contribution >= 0.6 is 11.8 Å². The standard InChI is InChI=1S/C23H19N3O3S/c1-14-10-15(2)25-23(18(14)12-24)30-21(16-6-4-3-5-7-16)22(27)26-17-8-9-19-20(11-17)29-13-28-19/h3-11,21H,13H2,1-2H3,(H,26,27)/t21-/m0/s1. The molecule has 0 bridgehead atoms. The average molecular weight is 417 g/mol. The molecule has 0 spiro atoms. The summed E-state index contributed by atoms with van der Waals surface area (Å²) in [5.41, 5.74) is 3.57. The molecule has 0 saturated carbocycles. The second kappa shape index (κ2) is 8.47. The van der Waals surface area contributed by atoms with Gasteiger partial charge in [-0.05, 0) is 43.2 Å². The molecule has 0 radical (unpaired) electrons. The van der Waals surface area contributed by atoms with Crippen LogP contribution in [0, 0.1) is 25.2 Å². The Kier molecular flexibility index (Phi) is 5.59. The SMILES string of the molecule is Cc1cc(C)c(C#N)c(S[C@H](C(=O)Nc2ccc3c(c2)OCO3)c2ccccc2)n1. The number of fused-ring (bicyclic) bond motifs is 1. The number of nitriles is 1. The number of aryl methyl sites for hydroxylation is 2. The van der Waals surface area contributed by atoms with Crippen LogP contribution in [0.15, 0.2) is 59.6 Å². The van der Waals surface area contributed by atoms with Crippen molar-refractivity contribution < 1.29 is 14.3 Å². The summed E-state index contributed by atoms with van der Waals surface area (Å²) >= 11 is 1.27. The van der Waals surface area contributed by atoms with Gasteiger partial charge in [0.15, 0.2) is 11.5 Å². The van der Waals surface area contributed by atoms with Gasteiger partial charge in [-0.3, -0.25) is 4.79 Å². The van der Waals surface area contributed by atoms with Gasteiger partial charge in [0, 0.05) is 17.4 Å². The van der Waals surface area contributed by atoms with Crippen LogP contribution in [0.4, 0.5) is 5.69 Å². The number of nitrogens with zero attached hydrogens (tertiary/aromatic N) is 2. The number of pyridine rings is 1. The van der Waals surface area contributed by atoms with E-state index in [0.717, 1.165) is 16.8 Å². The maximum Gasteiger partial charge on any atom is 0.242 e. The van der Waals surface area contributed by atoms with Crippen LogP contribution in [0.5, 0.6) is 11.5 Å². The lowest BCUT2D eigenvalue weighted by atomic mass is 10.1. The average Bonchev–Trinajstić information content (AvgIpc) is 3.20. The van der Waals surface area contributed by atoms with Gasteiger partial charge in [-0.25, -0.2) is 4.98 Å². The predicted molar refractivity (Wildman–Crippen MR) is 115 cm³/mol. The van der Waals surface area contributed by atoms with Crippen LogP contribution in [0.3, 0.4) is 0 Å². The van der Waals surface area contributed by atoms with Crippen molar-refractivity contribution in [1.29, 1.82) is 5.26 Å². The lowest BCUT2D eigenvalue weighted by Crippen LogP contribution is -2.19. The first-order chi connectivity index (χ1) is 14.5. The van der Waals surface area contributed by atoms with Crippen LogP contribution in [0.1, 0.15) is 27.6 Å². The zero-order chi connectivity index (χ0) is 21.1. The highest BCUT2D eigenvalue weighted by atomic mass is 32.2. The quantitative estimate of drug-likeness (QED) is 0.602. The third kappa shape index (κ3) is 4.09. The molecule has 3 aromatic rings. The number of thioether (sulfide) groups is 1. The summed E-state index contributed by atoms with van der Waals surface area (Å²) in [4.78, 5) is 17.8. The summed E-state index contributed by atoms with van der Waals surface area (Å²) in [5, 5.41) is 12.5. The molecule has 7 heteroatoms. The molecule has 2 heterocycles. The van der Waals surface area contributed by atoms with E-state index in [0.29, 0.717) is 27.8 Å². The first-order valence-corrected chi connectivity index (χ1v) is 10.2. The molecule has 0 fully saturated rings. The largest absolute Gasteiger partial charge is 0.454 e. The molecule has 1 atom stereocenters. The molecule has 1 aliphatic rings. The summed E-state index contributed by atoms with van der Waals surface area (Å²) in [5.74, 6) is 1.04. The first-order valence-electron chi connectivity index (χ1n) is 9.35. The third-order valence-electron chi connectivity index (χ3n) is 4.63. The van der Waals surface area contributed by atoms with E-state index in [2.05, 4.69) is 16.4 Å². The molecule has 2 aromatic carbocycles. The molecule has 150 valence electrons. The predicted octanol–water partition coefficient (Wildman–Crippen LogP) is 4.77. The zero-order valence-corrected chi connectivity index (χ0v) is 17.3. The number of benzene rings is 2. The molecule has 1 N–H and O–H groups in total. The van der Waals surface area contributed by atoms with E-state index in [1.54, 1.807) is 18.2 Å². The molecule has 30 heavy (non-hydrogen) atoms. The highest BCUT2D eigenvalue weighted by Gasteiger charge is 2.25. The summed E-state index contributed by atoms with van der Waals surface area (Å²) in [7, 11) is 0. The van der Waals surface area contributed by atoms with Gasteiger partial charge in [0.1, 0.15) is 16.3 Å². The number of nitrogens with one attached hydrogen (secondary N) is 1. The van der Waals surface area contributed by atoms with Gasteiger partial charge < -0.3 is 14.8 Å². The topological polar surface area (TPSA) is 84.2 Å². The van der Waals surface area contributed by atoms with Gasteiger partial charge in [0.25, 0.3) is 0 Å². The number of aromatic nitrogens is 1. The Morgan fingerprint density at radius 3 is 2.67 bits per heavy atom. The number of carbonyl (C=O) groups excluding carboxylic acids is 1. The van der Waals surface area contributed by atoms with Gasteiger partial charge in [-0.1, -0.05) is 42.1 Å². The van der Waals surface area contributed by atoms with Crippen molar-refractivity contribution >= 4 is 23.4 Å². The van der Waals surface area contributed by atoms with E-state index in [4.69, 9.17) is 9.47 Å². The van der Waals surface area contributed by atoms with Crippen molar-refractivity contribution in [3.63, 3.8) is 0 Å². The number of carbonyl (C=O) groups is 1. The molecule has 1 aliphatic heterocycles. The molecule has 4 rings (SSSR count). The highest BCUT2D eigenvalue weighted by molar-refractivity contribution is 8.00. The van der Waals surface area contributed by atoms with Crippen LogP contribution in [0.25, 0.3) is 0 Å². The minimum absolute atomic E-state index is 0.171. The molecule has 0 aliphatic carbocycles. The van der Waals surface area contributed by atoms with E-state index in [-0.39, 0.29) is 12.7 Å². The summed E-state index contributed by atoms with van der Waals surface area (Å²) < 4.78 is 10.7. The van der Waals surface area contributed by atoms with Gasteiger partial charge >= 0.3 is 0 Å². The van der Waals surface area contributed by atoms with Crippen LogP contribution < -0.4 is 14.8 Å². The van der Waals surface area contributed by atoms with E-state index >= 15 is 0 Å². The van der Waals surface area contributed by atoms with Crippen molar-refractivity contribution in [2.75, 3.05) is 12.1 Å². The number of anilines is 1. The number of amides is 1. The second-order valence-electron chi connectivity index (χ2n) is 6.84. The van der Waals surface area contributed by atoms with Crippen LogP contribution in [-0.4, -0.2) is 17.7 Å². The van der Waals surface area contributed by atoms with Gasteiger partial charge in [0.05, 0.1) is 5.56 Å². The van der Waals surface area contributed by atoms with Crippen molar-refractivity contribution in [2.45, 2.75) is 24.1 Å². The zero-order valence-electron chi connectivity index (χ0n) is 16.5. The monoisotopic (exact) mass is 417 g/mol. The summed E-state index contributed by atoms with van der Waals surface area (Å²) in [6.07, 6.45) is 0. The molecule has 6 nitrogen and oxygen atoms in total. The molecular weight excluding hydrogens is 398 g/mol. The minimum Gasteiger partial charge on any atom is -0.454 e. The van der Waals surface area contributed by atoms with Gasteiger partial charge in [-0.2, -0.15) is 5.26 Å². The Labute approximate surface area is 178 Å². The Bertz CT molecular complexity index is 1140. The van der Waals surface area contributed by atoms with Crippen LogP contribution in [0.2, 0.25) is 0 Å². The molecule has 1 aromatic heterocycles. The second-order valence-corrected chi connectivity index (χ2v) is 7.93. The summed E-state index contributed by atoms with van der Waals surface area (Å²) in [6, 6.07) is 18.8. The maximum absolute atomic E-state index is 13.3. The number of hydrogen-bond donors (Lipinski definition) is 1. The smallest absolute Gasteiger partial charge is 0.242 e.